The second kappa shape index (κ2) is 9.96. The summed E-state index contributed by atoms with van der Waals surface area (Å²) in [5.41, 5.74) is 0.872. The van der Waals surface area contributed by atoms with Gasteiger partial charge in [-0.15, -0.1) is 0 Å². The first-order valence-corrected chi connectivity index (χ1v) is 10.0. The normalized spacial score (nSPS) is 14.0. The standard InChI is InChI=1S/C21H22Cl2N2O4/c1-28-13-14-29-18-8-3-2-5-15(18)20(26)24-9-11-25(12-10-24)21(27)16-6-4-7-17(22)19(16)23/h2-8H,9-14H2,1H3. The first-order chi connectivity index (χ1) is 14.0. The lowest BCUT2D eigenvalue weighted by Gasteiger charge is -2.35. The second-order valence-electron chi connectivity index (χ2n) is 6.52. The van der Waals surface area contributed by atoms with Crippen LogP contribution in [0.5, 0.6) is 5.75 Å². The van der Waals surface area contributed by atoms with Gasteiger partial charge < -0.3 is 19.3 Å². The molecule has 1 aliphatic rings. The molecule has 1 fully saturated rings. The van der Waals surface area contributed by atoms with Crippen LogP contribution in [0.3, 0.4) is 0 Å². The zero-order chi connectivity index (χ0) is 20.8. The van der Waals surface area contributed by atoms with Crippen molar-refractivity contribution < 1.29 is 19.1 Å². The summed E-state index contributed by atoms with van der Waals surface area (Å²) in [7, 11) is 1.60. The minimum atomic E-state index is -0.187. The quantitative estimate of drug-likeness (QED) is 0.648. The van der Waals surface area contributed by atoms with Gasteiger partial charge in [0, 0.05) is 33.3 Å². The van der Waals surface area contributed by atoms with Gasteiger partial charge in [0.15, 0.2) is 0 Å². The van der Waals surface area contributed by atoms with Gasteiger partial charge in [0.25, 0.3) is 11.8 Å². The summed E-state index contributed by atoms with van der Waals surface area (Å²) in [6.07, 6.45) is 0. The van der Waals surface area contributed by atoms with E-state index in [2.05, 4.69) is 0 Å². The molecule has 0 N–H and O–H groups in total. The van der Waals surface area contributed by atoms with Crippen molar-refractivity contribution in [2.24, 2.45) is 0 Å². The molecule has 0 atom stereocenters. The fourth-order valence-corrected chi connectivity index (χ4v) is 3.51. The SMILES string of the molecule is COCCOc1ccccc1C(=O)N1CCN(C(=O)c2cccc(Cl)c2Cl)CC1. The molecular formula is C21H22Cl2N2O4. The third-order valence-electron chi connectivity index (χ3n) is 4.70. The maximum atomic E-state index is 13.0. The van der Waals surface area contributed by atoms with Crippen LogP contribution in [0, 0.1) is 0 Å². The Bertz CT molecular complexity index is 883. The van der Waals surface area contributed by atoms with Crippen molar-refractivity contribution in [1.29, 1.82) is 0 Å². The van der Waals surface area contributed by atoms with E-state index in [9.17, 15) is 9.59 Å². The van der Waals surface area contributed by atoms with Crippen molar-refractivity contribution in [2.45, 2.75) is 0 Å². The van der Waals surface area contributed by atoms with Gasteiger partial charge in [-0.3, -0.25) is 9.59 Å². The number of nitrogens with zero attached hydrogens (tertiary/aromatic N) is 2. The highest BCUT2D eigenvalue weighted by Crippen LogP contribution is 2.27. The lowest BCUT2D eigenvalue weighted by molar-refractivity contribution is 0.0532. The number of piperazine rings is 1. The molecular weight excluding hydrogens is 415 g/mol. The van der Waals surface area contributed by atoms with Crippen molar-refractivity contribution in [1.82, 2.24) is 9.80 Å². The highest BCUT2D eigenvalue weighted by atomic mass is 35.5. The number of rotatable bonds is 6. The average Bonchev–Trinajstić information content (AvgIpc) is 2.75. The Kier molecular flexibility index (Phi) is 7.36. The Morgan fingerprint density at radius 2 is 1.45 bits per heavy atom. The predicted octanol–water partition coefficient (Wildman–Crippen LogP) is 3.62. The maximum absolute atomic E-state index is 13.0. The number of carbonyl (C=O) groups excluding carboxylic acids is 2. The molecule has 1 aliphatic heterocycles. The third-order valence-corrected chi connectivity index (χ3v) is 5.52. The summed E-state index contributed by atoms with van der Waals surface area (Å²) in [6, 6.07) is 12.1. The number of para-hydroxylation sites is 1. The average molecular weight is 437 g/mol. The molecule has 8 heteroatoms. The Morgan fingerprint density at radius 3 is 2.10 bits per heavy atom. The summed E-state index contributed by atoms with van der Waals surface area (Å²) in [5, 5.41) is 0.594. The molecule has 2 amide bonds. The Morgan fingerprint density at radius 1 is 0.862 bits per heavy atom. The Balaban J connectivity index is 1.64. The predicted molar refractivity (Wildman–Crippen MR) is 112 cm³/mol. The van der Waals surface area contributed by atoms with E-state index in [4.69, 9.17) is 32.7 Å². The molecule has 0 spiro atoms. The number of halogens is 2. The van der Waals surface area contributed by atoms with Crippen LogP contribution in [-0.2, 0) is 4.74 Å². The van der Waals surface area contributed by atoms with E-state index in [1.807, 2.05) is 6.07 Å². The summed E-state index contributed by atoms with van der Waals surface area (Å²) in [4.78, 5) is 29.1. The lowest BCUT2D eigenvalue weighted by atomic mass is 10.1. The van der Waals surface area contributed by atoms with Crippen LogP contribution in [0.15, 0.2) is 42.5 Å². The van der Waals surface area contributed by atoms with Crippen molar-refractivity contribution in [2.75, 3.05) is 46.5 Å². The smallest absolute Gasteiger partial charge is 0.257 e. The van der Waals surface area contributed by atoms with Crippen LogP contribution < -0.4 is 4.74 Å². The van der Waals surface area contributed by atoms with E-state index in [1.54, 1.807) is 53.3 Å². The summed E-state index contributed by atoms with van der Waals surface area (Å²) in [5.74, 6) is 0.220. The van der Waals surface area contributed by atoms with Crippen molar-refractivity contribution in [3.63, 3.8) is 0 Å². The topological polar surface area (TPSA) is 59.1 Å². The molecule has 0 aromatic heterocycles. The minimum Gasteiger partial charge on any atom is -0.490 e. The molecule has 0 aliphatic carbocycles. The number of benzene rings is 2. The van der Waals surface area contributed by atoms with Crippen LogP contribution in [0.4, 0.5) is 0 Å². The zero-order valence-corrected chi connectivity index (χ0v) is 17.6. The number of amides is 2. The Labute approximate surface area is 179 Å². The number of ether oxygens (including phenoxy) is 2. The van der Waals surface area contributed by atoms with Gasteiger partial charge in [-0.05, 0) is 24.3 Å². The number of hydrogen-bond acceptors (Lipinski definition) is 4. The maximum Gasteiger partial charge on any atom is 0.257 e. The number of methoxy groups -OCH3 is 1. The minimum absolute atomic E-state index is 0.120. The van der Waals surface area contributed by atoms with E-state index in [0.717, 1.165) is 0 Å². The van der Waals surface area contributed by atoms with Gasteiger partial charge in [0.05, 0.1) is 27.8 Å². The fraction of sp³-hybridized carbons (Fsp3) is 0.333. The zero-order valence-electron chi connectivity index (χ0n) is 16.1. The molecule has 3 rings (SSSR count). The van der Waals surface area contributed by atoms with E-state index in [0.29, 0.717) is 61.3 Å². The van der Waals surface area contributed by atoms with Gasteiger partial charge in [0.2, 0.25) is 0 Å². The summed E-state index contributed by atoms with van der Waals surface area (Å²) < 4.78 is 10.7. The van der Waals surface area contributed by atoms with Gasteiger partial charge in [-0.2, -0.15) is 0 Å². The molecule has 0 radical (unpaired) electrons. The molecule has 0 bridgehead atoms. The molecule has 0 saturated carbocycles. The molecule has 29 heavy (non-hydrogen) atoms. The van der Waals surface area contributed by atoms with E-state index in [1.165, 1.54) is 0 Å². The first-order valence-electron chi connectivity index (χ1n) is 9.26. The van der Waals surface area contributed by atoms with E-state index >= 15 is 0 Å². The lowest BCUT2D eigenvalue weighted by Crippen LogP contribution is -2.50. The van der Waals surface area contributed by atoms with Gasteiger partial charge in [-0.25, -0.2) is 0 Å². The van der Waals surface area contributed by atoms with Gasteiger partial charge >= 0.3 is 0 Å². The molecule has 1 heterocycles. The third kappa shape index (κ3) is 5.01. The van der Waals surface area contributed by atoms with E-state index < -0.39 is 0 Å². The largest absolute Gasteiger partial charge is 0.490 e. The Hall–Kier alpha value is -2.28. The van der Waals surface area contributed by atoms with Crippen molar-refractivity contribution in [3.05, 3.63) is 63.6 Å². The van der Waals surface area contributed by atoms with Crippen LogP contribution in [0.1, 0.15) is 20.7 Å². The van der Waals surface area contributed by atoms with Crippen LogP contribution >= 0.6 is 23.2 Å². The summed E-state index contributed by atoms with van der Waals surface area (Å²) in [6.45, 7) is 2.49. The molecule has 2 aromatic rings. The van der Waals surface area contributed by atoms with Crippen molar-refractivity contribution >= 4 is 35.0 Å². The first kappa shape index (κ1) is 21.4. The highest BCUT2D eigenvalue weighted by Gasteiger charge is 2.28. The molecule has 1 saturated heterocycles. The van der Waals surface area contributed by atoms with Gasteiger partial charge in [0.1, 0.15) is 12.4 Å². The summed E-state index contributed by atoms with van der Waals surface area (Å²) >= 11 is 12.2. The molecule has 6 nitrogen and oxygen atoms in total. The molecule has 0 unspecified atom stereocenters. The fourth-order valence-electron chi connectivity index (χ4n) is 3.13. The number of carbonyl (C=O) groups is 2. The van der Waals surface area contributed by atoms with Gasteiger partial charge in [-0.1, -0.05) is 41.4 Å². The molecule has 154 valence electrons. The monoisotopic (exact) mass is 436 g/mol. The van der Waals surface area contributed by atoms with E-state index in [-0.39, 0.29) is 16.8 Å². The van der Waals surface area contributed by atoms with Crippen molar-refractivity contribution in [3.8, 4) is 5.75 Å². The second-order valence-corrected chi connectivity index (χ2v) is 7.31. The van der Waals surface area contributed by atoms with Crippen LogP contribution in [0.2, 0.25) is 10.0 Å². The number of hydrogen-bond donors (Lipinski definition) is 0. The molecule has 2 aromatic carbocycles. The van der Waals surface area contributed by atoms with Crippen LogP contribution in [-0.4, -0.2) is 68.1 Å². The van der Waals surface area contributed by atoms with Crippen LogP contribution in [0.25, 0.3) is 0 Å². The highest BCUT2D eigenvalue weighted by molar-refractivity contribution is 6.43.